The monoisotopic (exact) mass is 292 g/mol. The molecule has 2 aliphatic rings. The highest BCUT2D eigenvalue weighted by atomic mass is 16.5. The number of hydrogen-bond acceptors (Lipinski definition) is 5. The van der Waals surface area contributed by atoms with Crippen molar-refractivity contribution in [3.05, 3.63) is 11.7 Å². The predicted octanol–water partition coefficient (Wildman–Crippen LogP) is 1.60. The number of hydrogen-bond donors (Lipinski definition) is 0. The van der Waals surface area contributed by atoms with Gasteiger partial charge in [-0.3, -0.25) is 9.69 Å². The van der Waals surface area contributed by atoms with Crippen molar-refractivity contribution in [1.29, 1.82) is 0 Å². The van der Waals surface area contributed by atoms with Crippen LogP contribution in [0.1, 0.15) is 44.3 Å². The fourth-order valence-corrected chi connectivity index (χ4v) is 3.70. The van der Waals surface area contributed by atoms with Gasteiger partial charge in [-0.05, 0) is 39.2 Å². The van der Waals surface area contributed by atoms with Crippen molar-refractivity contribution in [3.63, 3.8) is 0 Å². The summed E-state index contributed by atoms with van der Waals surface area (Å²) in [5.41, 5.74) is -0.164. The Kier molecular flexibility index (Phi) is 3.97. The SMILES string of the molecule is CCCN1CCCC2(CCN(Cc3nc(C)no3)C2)C1=O. The van der Waals surface area contributed by atoms with Gasteiger partial charge in [0.25, 0.3) is 0 Å². The molecular formula is C15H24N4O2. The maximum Gasteiger partial charge on any atom is 0.240 e. The Labute approximate surface area is 125 Å². The quantitative estimate of drug-likeness (QED) is 0.843. The van der Waals surface area contributed by atoms with Crippen LogP contribution in [0.2, 0.25) is 0 Å². The molecule has 2 saturated heterocycles. The third kappa shape index (κ3) is 2.81. The minimum Gasteiger partial charge on any atom is -0.342 e. The highest BCUT2D eigenvalue weighted by Crippen LogP contribution is 2.40. The molecule has 3 heterocycles. The van der Waals surface area contributed by atoms with Crippen LogP contribution in [0.3, 0.4) is 0 Å². The van der Waals surface area contributed by atoms with Crippen molar-refractivity contribution in [2.75, 3.05) is 26.2 Å². The molecule has 1 atom stereocenters. The third-order valence-corrected chi connectivity index (χ3v) is 4.68. The first-order valence-corrected chi connectivity index (χ1v) is 7.94. The molecule has 1 aromatic heterocycles. The smallest absolute Gasteiger partial charge is 0.240 e. The zero-order valence-electron chi connectivity index (χ0n) is 13.0. The molecule has 0 aromatic carbocycles. The molecule has 2 fully saturated rings. The van der Waals surface area contributed by atoms with E-state index in [1.54, 1.807) is 0 Å². The summed E-state index contributed by atoms with van der Waals surface area (Å²) >= 11 is 0. The van der Waals surface area contributed by atoms with Gasteiger partial charge in [-0.25, -0.2) is 0 Å². The Bertz CT molecular complexity index is 514. The standard InChI is InChI=1S/C15H24N4O2/c1-3-7-19-8-4-5-15(14(19)20)6-9-18(11-15)10-13-16-12(2)17-21-13/h3-11H2,1-2H3. The van der Waals surface area contributed by atoms with Gasteiger partial charge in [-0.15, -0.1) is 0 Å². The van der Waals surface area contributed by atoms with Crippen molar-refractivity contribution in [2.24, 2.45) is 5.41 Å². The second-order valence-electron chi connectivity index (χ2n) is 6.37. The zero-order valence-corrected chi connectivity index (χ0v) is 13.0. The van der Waals surface area contributed by atoms with E-state index in [9.17, 15) is 4.79 Å². The molecule has 0 bridgehead atoms. The maximum atomic E-state index is 12.8. The largest absolute Gasteiger partial charge is 0.342 e. The maximum absolute atomic E-state index is 12.8. The van der Waals surface area contributed by atoms with Crippen LogP contribution in [0.5, 0.6) is 0 Å². The van der Waals surface area contributed by atoms with Gasteiger partial charge in [0.05, 0.1) is 12.0 Å². The summed E-state index contributed by atoms with van der Waals surface area (Å²) in [7, 11) is 0. The lowest BCUT2D eigenvalue weighted by atomic mass is 9.78. The lowest BCUT2D eigenvalue weighted by molar-refractivity contribution is -0.145. The highest BCUT2D eigenvalue weighted by molar-refractivity contribution is 5.84. The molecule has 1 aromatic rings. The number of carbonyl (C=O) groups excluding carboxylic acids is 1. The van der Waals surface area contributed by atoms with E-state index in [4.69, 9.17) is 4.52 Å². The van der Waals surface area contributed by atoms with Crippen LogP contribution >= 0.6 is 0 Å². The van der Waals surface area contributed by atoms with E-state index < -0.39 is 0 Å². The Morgan fingerprint density at radius 2 is 2.19 bits per heavy atom. The molecule has 1 spiro atoms. The van der Waals surface area contributed by atoms with Crippen LogP contribution in [0.15, 0.2) is 4.52 Å². The second-order valence-corrected chi connectivity index (χ2v) is 6.37. The first-order valence-electron chi connectivity index (χ1n) is 7.94. The summed E-state index contributed by atoms with van der Waals surface area (Å²) < 4.78 is 5.19. The van der Waals surface area contributed by atoms with Gasteiger partial charge in [0.15, 0.2) is 5.82 Å². The van der Waals surface area contributed by atoms with Crippen molar-refractivity contribution in [1.82, 2.24) is 19.9 Å². The van der Waals surface area contributed by atoms with Gasteiger partial charge in [0.2, 0.25) is 11.8 Å². The minimum absolute atomic E-state index is 0.164. The lowest BCUT2D eigenvalue weighted by Crippen LogP contribution is -2.50. The third-order valence-electron chi connectivity index (χ3n) is 4.68. The first kappa shape index (κ1) is 14.5. The number of rotatable bonds is 4. The van der Waals surface area contributed by atoms with E-state index in [2.05, 4.69) is 26.9 Å². The number of aryl methyl sites for hydroxylation is 1. The van der Waals surface area contributed by atoms with Gasteiger partial charge >= 0.3 is 0 Å². The topological polar surface area (TPSA) is 62.5 Å². The van der Waals surface area contributed by atoms with Crippen LogP contribution in [0.25, 0.3) is 0 Å². The summed E-state index contributed by atoms with van der Waals surface area (Å²) in [6, 6.07) is 0. The number of piperidine rings is 1. The van der Waals surface area contributed by atoms with E-state index in [1.807, 2.05) is 6.92 Å². The van der Waals surface area contributed by atoms with Crippen molar-refractivity contribution < 1.29 is 9.32 Å². The summed E-state index contributed by atoms with van der Waals surface area (Å²) in [5.74, 6) is 1.68. The molecule has 0 radical (unpaired) electrons. The van der Waals surface area contributed by atoms with Crippen molar-refractivity contribution >= 4 is 5.91 Å². The zero-order chi connectivity index (χ0) is 14.9. The van der Waals surface area contributed by atoms with Crippen LogP contribution in [-0.4, -0.2) is 52.0 Å². The normalized spacial score (nSPS) is 27.0. The Morgan fingerprint density at radius 1 is 1.33 bits per heavy atom. The minimum atomic E-state index is -0.164. The van der Waals surface area contributed by atoms with Crippen LogP contribution < -0.4 is 0 Å². The van der Waals surface area contributed by atoms with E-state index in [1.165, 1.54) is 0 Å². The van der Waals surface area contributed by atoms with Gasteiger partial charge in [-0.1, -0.05) is 12.1 Å². The lowest BCUT2D eigenvalue weighted by Gasteiger charge is -2.39. The fourth-order valence-electron chi connectivity index (χ4n) is 3.70. The van der Waals surface area contributed by atoms with Gasteiger partial charge in [-0.2, -0.15) is 4.98 Å². The molecule has 3 rings (SSSR count). The van der Waals surface area contributed by atoms with Crippen LogP contribution in [0, 0.1) is 12.3 Å². The predicted molar refractivity (Wildman–Crippen MR) is 77.5 cm³/mol. The fraction of sp³-hybridized carbons (Fsp3) is 0.800. The van der Waals surface area contributed by atoms with Gasteiger partial charge in [0, 0.05) is 19.6 Å². The van der Waals surface area contributed by atoms with E-state index in [-0.39, 0.29) is 5.41 Å². The Hall–Kier alpha value is -1.43. The van der Waals surface area contributed by atoms with Crippen molar-refractivity contribution in [3.8, 4) is 0 Å². The number of nitrogens with zero attached hydrogens (tertiary/aromatic N) is 4. The number of aromatic nitrogens is 2. The van der Waals surface area contributed by atoms with Crippen LogP contribution in [0.4, 0.5) is 0 Å². The average Bonchev–Trinajstić information content (AvgIpc) is 3.04. The molecule has 0 N–H and O–H groups in total. The molecular weight excluding hydrogens is 268 g/mol. The Morgan fingerprint density at radius 3 is 2.90 bits per heavy atom. The Balaban J connectivity index is 1.65. The molecule has 1 amide bonds. The summed E-state index contributed by atoms with van der Waals surface area (Å²) in [4.78, 5) is 21.4. The van der Waals surface area contributed by atoms with E-state index in [0.717, 1.165) is 51.9 Å². The first-order chi connectivity index (χ1) is 10.1. The summed E-state index contributed by atoms with van der Waals surface area (Å²) in [6.07, 6.45) is 4.14. The summed E-state index contributed by atoms with van der Waals surface area (Å²) in [6.45, 7) is 8.20. The molecule has 6 heteroatoms. The number of likely N-dealkylation sites (tertiary alicyclic amines) is 2. The number of carbonyl (C=O) groups is 1. The van der Waals surface area contributed by atoms with E-state index >= 15 is 0 Å². The van der Waals surface area contributed by atoms with Crippen molar-refractivity contribution in [2.45, 2.75) is 46.1 Å². The molecule has 116 valence electrons. The highest BCUT2D eigenvalue weighted by Gasteiger charge is 2.48. The molecule has 0 saturated carbocycles. The molecule has 2 aliphatic heterocycles. The van der Waals surface area contributed by atoms with Gasteiger partial charge in [0.1, 0.15) is 0 Å². The molecule has 6 nitrogen and oxygen atoms in total. The second kappa shape index (κ2) is 5.75. The van der Waals surface area contributed by atoms with E-state index in [0.29, 0.717) is 24.2 Å². The molecule has 0 aliphatic carbocycles. The average molecular weight is 292 g/mol. The van der Waals surface area contributed by atoms with Crippen LogP contribution in [-0.2, 0) is 11.3 Å². The number of amides is 1. The summed E-state index contributed by atoms with van der Waals surface area (Å²) in [5, 5.41) is 3.83. The molecule has 1 unspecified atom stereocenters. The van der Waals surface area contributed by atoms with Gasteiger partial charge < -0.3 is 9.42 Å². The molecule has 21 heavy (non-hydrogen) atoms.